The Morgan fingerprint density at radius 2 is 2.17 bits per heavy atom. The number of hydrogen-bond donors (Lipinski definition) is 2. The van der Waals surface area contributed by atoms with E-state index in [1.165, 1.54) is 24.1 Å². The molecule has 0 amide bonds. The average Bonchev–Trinajstić information content (AvgIpc) is 2.60. The summed E-state index contributed by atoms with van der Waals surface area (Å²) in [6.07, 6.45) is 12.4. The van der Waals surface area contributed by atoms with Crippen LogP contribution in [0, 0.1) is 0 Å². The molecule has 0 unspecified atom stereocenters. The molecule has 3 heteroatoms. The summed E-state index contributed by atoms with van der Waals surface area (Å²) in [5.41, 5.74) is 2.79. The highest BCUT2D eigenvalue weighted by Crippen LogP contribution is 2.20. The predicted molar refractivity (Wildman–Crippen MR) is 101 cm³/mol. The topological polar surface area (TPSA) is 33.3 Å². The van der Waals surface area contributed by atoms with E-state index < -0.39 is 0 Å². The summed E-state index contributed by atoms with van der Waals surface area (Å²) in [6, 6.07) is 8.53. The van der Waals surface area contributed by atoms with Crippen LogP contribution in [0.15, 0.2) is 60.4 Å². The Bertz CT molecular complexity index is 493. The van der Waals surface area contributed by atoms with Gasteiger partial charge in [-0.1, -0.05) is 36.4 Å². The molecule has 1 aromatic carbocycles. The first-order valence-corrected chi connectivity index (χ1v) is 8.40. The number of benzene rings is 1. The molecule has 1 aliphatic rings. The molecule has 3 nitrogen and oxygen atoms in total. The summed E-state index contributed by atoms with van der Waals surface area (Å²) in [5, 5.41) is 6.39. The number of hydrogen-bond acceptors (Lipinski definition) is 3. The molecule has 2 N–H and O–H groups in total. The van der Waals surface area contributed by atoms with Crippen LogP contribution in [-0.4, -0.2) is 26.7 Å². The fraction of sp³-hybridized carbons (Fsp3) is 0.400. The fourth-order valence-corrected chi connectivity index (χ4v) is 2.24. The van der Waals surface area contributed by atoms with Crippen molar-refractivity contribution >= 4 is 5.69 Å². The van der Waals surface area contributed by atoms with Gasteiger partial charge in [-0.05, 0) is 57.5 Å². The Kier molecular flexibility index (Phi) is 10.4. The van der Waals surface area contributed by atoms with Gasteiger partial charge >= 0.3 is 0 Å². The zero-order valence-corrected chi connectivity index (χ0v) is 14.6. The van der Waals surface area contributed by atoms with Crippen LogP contribution in [-0.2, 0) is 11.2 Å². The van der Waals surface area contributed by atoms with E-state index in [0.29, 0.717) is 6.61 Å². The van der Waals surface area contributed by atoms with Gasteiger partial charge in [0.2, 0.25) is 0 Å². The van der Waals surface area contributed by atoms with E-state index in [-0.39, 0.29) is 0 Å². The Morgan fingerprint density at radius 1 is 1.35 bits per heavy atom. The highest BCUT2D eigenvalue weighted by molar-refractivity contribution is 5.52. The van der Waals surface area contributed by atoms with Crippen LogP contribution in [0.1, 0.15) is 25.8 Å². The van der Waals surface area contributed by atoms with Crippen molar-refractivity contribution in [3.8, 4) is 0 Å². The molecule has 0 bridgehead atoms. The summed E-state index contributed by atoms with van der Waals surface area (Å²) in [4.78, 5) is 0. The number of anilines is 1. The lowest BCUT2D eigenvalue weighted by atomic mass is 10.0. The normalized spacial score (nSPS) is 14.1. The molecule has 1 aliphatic heterocycles. The highest BCUT2D eigenvalue weighted by atomic mass is 16.5. The van der Waals surface area contributed by atoms with Crippen LogP contribution in [0.25, 0.3) is 0 Å². The van der Waals surface area contributed by atoms with Gasteiger partial charge in [0.25, 0.3) is 0 Å². The van der Waals surface area contributed by atoms with Crippen molar-refractivity contribution in [1.82, 2.24) is 5.32 Å². The molecule has 0 atom stereocenters. The minimum atomic E-state index is 0.704. The molecule has 0 spiro atoms. The van der Waals surface area contributed by atoms with Crippen molar-refractivity contribution in [3.05, 3.63) is 66.0 Å². The molecule has 0 aromatic heterocycles. The van der Waals surface area contributed by atoms with Crippen LogP contribution in [0.5, 0.6) is 0 Å². The lowest BCUT2D eigenvalue weighted by molar-refractivity contribution is 0.242. The van der Waals surface area contributed by atoms with Crippen LogP contribution < -0.4 is 10.6 Å². The van der Waals surface area contributed by atoms with Crippen LogP contribution in [0.4, 0.5) is 5.69 Å². The van der Waals surface area contributed by atoms with E-state index in [1.807, 2.05) is 51.3 Å². The van der Waals surface area contributed by atoms with Crippen LogP contribution in [0.3, 0.4) is 0 Å². The third kappa shape index (κ3) is 8.27. The maximum Gasteiger partial charge on any atom is 0.118 e. The van der Waals surface area contributed by atoms with Gasteiger partial charge in [-0.25, -0.2) is 0 Å². The highest BCUT2D eigenvalue weighted by Gasteiger charge is 2.04. The van der Waals surface area contributed by atoms with E-state index in [2.05, 4.69) is 34.9 Å². The minimum absolute atomic E-state index is 0.704. The number of rotatable bonds is 6. The number of likely N-dealkylation sites (N-methyl/N-ethyl adjacent to an activating group) is 1. The van der Waals surface area contributed by atoms with Gasteiger partial charge in [0.1, 0.15) is 5.76 Å². The SMILES string of the molecule is C\C=C/C(=C\C=C\CNC)OCC.c1ccc2c(c1)CCCN2. The number of aryl methyl sites for hydroxylation is 1. The quantitative estimate of drug-likeness (QED) is 0.606. The van der Waals surface area contributed by atoms with Gasteiger partial charge in [-0.3, -0.25) is 0 Å². The summed E-state index contributed by atoms with van der Waals surface area (Å²) in [6.45, 7) is 6.68. The lowest BCUT2D eigenvalue weighted by Crippen LogP contribution is -2.10. The monoisotopic (exact) mass is 314 g/mol. The van der Waals surface area contributed by atoms with Crippen molar-refractivity contribution in [3.63, 3.8) is 0 Å². The maximum absolute atomic E-state index is 5.37. The number of ether oxygens (including phenoxy) is 1. The first-order chi connectivity index (χ1) is 11.3. The number of nitrogens with one attached hydrogen (secondary N) is 2. The molecule has 0 saturated heterocycles. The van der Waals surface area contributed by atoms with E-state index >= 15 is 0 Å². The fourth-order valence-electron chi connectivity index (χ4n) is 2.24. The Labute approximate surface area is 141 Å². The van der Waals surface area contributed by atoms with Crippen LogP contribution in [0.2, 0.25) is 0 Å². The van der Waals surface area contributed by atoms with Crippen LogP contribution >= 0.6 is 0 Å². The van der Waals surface area contributed by atoms with Gasteiger partial charge in [0, 0.05) is 18.8 Å². The standard InChI is InChI=1S/C11H19NO.C9H11N/c1-4-8-11(13-5-2)9-6-7-10-12-3;1-2-6-9-8(4-1)5-3-7-10-9/h4,6-9,12H,5,10H2,1-3H3;1-2,4,6,10H,3,5,7H2/b7-6+,8-4-,11-9+;. The zero-order valence-electron chi connectivity index (χ0n) is 14.6. The van der Waals surface area contributed by atoms with Gasteiger partial charge in [-0.2, -0.15) is 0 Å². The van der Waals surface area contributed by atoms with Crippen molar-refractivity contribution in [2.45, 2.75) is 26.7 Å². The Hall–Kier alpha value is -2.00. The smallest absolute Gasteiger partial charge is 0.118 e. The van der Waals surface area contributed by atoms with Crippen molar-refractivity contribution < 1.29 is 4.74 Å². The number of para-hydroxylation sites is 1. The second-order valence-corrected chi connectivity index (χ2v) is 5.18. The average molecular weight is 314 g/mol. The molecule has 0 fully saturated rings. The molecule has 2 rings (SSSR count). The first-order valence-electron chi connectivity index (χ1n) is 8.40. The molecule has 0 saturated carbocycles. The Morgan fingerprint density at radius 3 is 2.87 bits per heavy atom. The number of allylic oxidation sites excluding steroid dienone is 4. The van der Waals surface area contributed by atoms with E-state index in [9.17, 15) is 0 Å². The van der Waals surface area contributed by atoms with Crippen molar-refractivity contribution in [2.75, 3.05) is 32.1 Å². The summed E-state index contributed by atoms with van der Waals surface area (Å²) in [7, 11) is 1.92. The molecular weight excluding hydrogens is 284 g/mol. The molecule has 0 aliphatic carbocycles. The summed E-state index contributed by atoms with van der Waals surface area (Å²) >= 11 is 0. The molecule has 1 aromatic rings. The predicted octanol–water partition coefficient (Wildman–Crippen LogP) is 4.30. The minimum Gasteiger partial charge on any atom is -0.494 e. The maximum atomic E-state index is 5.37. The van der Waals surface area contributed by atoms with E-state index in [0.717, 1.165) is 18.8 Å². The Balaban J connectivity index is 0.000000235. The first kappa shape index (κ1) is 19.0. The molecule has 126 valence electrons. The molecule has 23 heavy (non-hydrogen) atoms. The lowest BCUT2D eigenvalue weighted by Gasteiger charge is -2.16. The third-order valence-electron chi connectivity index (χ3n) is 3.32. The van der Waals surface area contributed by atoms with Gasteiger partial charge in [0.15, 0.2) is 0 Å². The van der Waals surface area contributed by atoms with E-state index in [1.54, 1.807) is 0 Å². The van der Waals surface area contributed by atoms with Gasteiger partial charge in [0.05, 0.1) is 6.61 Å². The van der Waals surface area contributed by atoms with Crippen molar-refractivity contribution in [1.29, 1.82) is 0 Å². The molecule has 1 heterocycles. The molecule has 0 radical (unpaired) electrons. The second-order valence-electron chi connectivity index (χ2n) is 5.18. The van der Waals surface area contributed by atoms with Gasteiger partial charge in [-0.15, -0.1) is 0 Å². The molecular formula is C20H30N2O. The summed E-state index contributed by atoms with van der Waals surface area (Å²) < 4.78 is 5.37. The third-order valence-corrected chi connectivity index (χ3v) is 3.32. The van der Waals surface area contributed by atoms with Crippen molar-refractivity contribution in [2.24, 2.45) is 0 Å². The second kappa shape index (κ2) is 12.5. The largest absolute Gasteiger partial charge is 0.494 e. The zero-order chi connectivity index (χ0) is 16.8. The summed E-state index contributed by atoms with van der Waals surface area (Å²) in [5.74, 6) is 0.900. The van der Waals surface area contributed by atoms with Gasteiger partial charge < -0.3 is 15.4 Å². The van der Waals surface area contributed by atoms with E-state index in [4.69, 9.17) is 4.74 Å². The number of fused-ring (bicyclic) bond motifs is 1.